The number of aryl methyl sites for hydroxylation is 1. The molecule has 6 heteroatoms. The fourth-order valence-corrected chi connectivity index (χ4v) is 3.73. The Morgan fingerprint density at radius 3 is 2.72 bits per heavy atom. The van der Waals surface area contributed by atoms with Gasteiger partial charge in [-0.25, -0.2) is 9.97 Å². The van der Waals surface area contributed by atoms with Crippen molar-refractivity contribution in [2.45, 2.75) is 20.3 Å². The number of hydrogen-bond donors (Lipinski definition) is 1. The van der Waals surface area contributed by atoms with Gasteiger partial charge in [0.15, 0.2) is 0 Å². The summed E-state index contributed by atoms with van der Waals surface area (Å²) < 4.78 is 0. The highest BCUT2D eigenvalue weighted by Gasteiger charge is 2.18. The number of amides is 1. The van der Waals surface area contributed by atoms with Crippen molar-refractivity contribution >= 4 is 33.3 Å². The van der Waals surface area contributed by atoms with Crippen molar-refractivity contribution in [3.8, 4) is 11.1 Å². The number of likely N-dealkylation sites (N-methyl/N-ethyl adjacent to an activating group) is 1. The molecule has 25 heavy (non-hydrogen) atoms. The van der Waals surface area contributed by atoms with Crippen molar-refractivity contribution in [1.29, 1.82) is 0 Å². The van der Waals surface area contributed by atoms with Crippen LogP contribution in [-0.2, 0) is 4.79 Å². The molecule has 0 spiro atoms. The van der Waals surface area contributed by atoms with Crippen LogP contribution in [0.5, 0.6) is 0 Å². The number of carbonyl (C=O) groups is 1. The van der Waals surface area contributed by atoms with E-state index in [4.69, 9.17) is 0 Å². The van der Waals surface area contributed by atoms with Crippen LogP contribution in [0.4, 0.5) is 5.82 Å². The van der Waals surface area contributed by atoms with Gasteiger partial charge in [-0.2, -0.15) is 0 Å². The number of benzene rings is 1. The molecule has 3 rings (SSSR count). The van der Waals surface area contributed by atoms with Crippen LogP contribution in [0.2, 0.25) is 0 Å². The zero-order chi connectivity index (χ0) is 17.8. The molecule has 0 unspecified atom stereocenters. The second kappa shape index (κ2) is 7.61. The van der Waals surface area contributed by atoms with Gasteiger partial charge in [0, 0.05) is 24.5 Å². The van der Waals surface area contributed by atoms with Gasteiger partial charge in [0.05, 0.1) is 11.9 Å². The molecule has 0 aliphatic carbocycles. The van der Waals surface area contributed by atoms with Crippen molar-refractivity contribution in [2.75, 3.05) is 25.0 Å². The van der Waals surface area contributed by atoms with E-state index < -0.39 is 0 Å². The van der Waals surface area contributed by atoms with E-state index in [9.17, 15) is 4.79 Å². The van der Waals surface area contributed by atoms with E-state index in [-0.39, 0.29) is 12.5 Å². The summed E-state index contributed by atoms with van der Waals surface area (Å²) in [5.41, 5.74) is 2.24. The minimum atomic E-state index is 0.00487. The maximum atomic E-state index is 12.1. The molecule has 130 valence electrons. The first kappa shape index (κ1) is 17.4. The number of hydrogen-bond acceptors (Lipinski definition) is 5. The Morgan fingerprint density at radius 1 is 1.24 bits per heavy atom. The Balaban J connectivity index is 2.02. The summed E-state index contributed by atoms with van der Waals surface area (Å²) in [6, 6.07) is 10.2. The molecule has 0 aliphatic heterocycles. The lowest BCUT2D eigenvalue weighted by Gasteiger charge is -2.19. The predicted molar refractivity (Wildman–Crippen MR) is 104 cm³/mol. The van der Waals surface area contributed by atoms with Gasteiger partial charge in [0.25, 0.3) is 0 Å². The molecule has 1 N–H and O–H groups in total. The highest BCUT2D eigenvalue weighted by atomic mass is 32.1. The third-order valence-electron chi connectivity index (χ3n) is 3.93. The van der Waals surface area contributed by atoms with Crippen LogP contribution in [0.1, 0.15) is 19.2 Å². The normalized spacial score (nSPS) is 10.8. The smallest absolute Gasteiger partial charge is 0.239 e. The number of nitrogens with zero attached hydrogens (tertiary/aromatic N) is 3. The largest absolute Gasteiger partial charge is 0.355 e. The SMILES string of the molecule is CCCNC(=O)CN(C)c1nc(C)nc2scc(-c3ccccc3)c12. The quantitative estimate of drug-likeness (QED) is 0.734. The highest BCUT2D eigenvalue weighted by molar-refractivity contribution is 7.17. The Morgan fingerprint density at radius 2 is 2.00 bits per heavy atom. The number of nitrogens with one attached hydrogen (secondary N) is 1. The number of thiophene rings is 1. The van der Waals surface area contributed by atoms with Gasteiger partial charge in [-0.1, -0.05) is 37.3 Å². The summed E-state index contributed by atoms with van der Waals surface area (Å²) in [6.45, 7) is 4.89. The molecule has 0 fully saturated rings. The van der Waals surface area contributed by atoms with E-state index in [2.05, 4.69) is 32.8 Å². The van der Waals surface area contributed by atoms with Gasteiger partial charge < -0.3 is 10.2 Å². The first-order valence-electron chi connectivity index (χ1n) is 8.39. The molecular formula is C19H22N4OS. The second-order valence-corrected chi connectivity index (χ2v) is 6.85. The second-order valence-electron chi connectivity index (χ2n) is 6.00. The average Bonchev–Trinajstić information content (AvgIpc) is 3.03. The Labute approximate surface area is 151 Å². The zero-order valence-electron chi connectivity index (χ0n) is 14.7. The summed E-state index contributed by atoms with van der Waals surface area (Å²) in [7, 11) is 1.90. The summed E-state index contributed by atoms with van der Waals surface area (Å²) in [4.78, 5) is 24.2. The molecule has 2 heterocycles. The summed E-state index contributed by atoms with van der Waals surface area (Å²) in [5, 5.41) is 6.04. The minimum absolute atomic E-state index is 0.00487. The van der Waals surface area contributed by atoms with E-state index in [0.29, 0.717) is 12.4 Å². The fraction of sp³-hybridized carbons (Fsp3) is 0.316. The molecule has 0 saturated heterocycles. The summed E-state index contributed by atoms with van der Waals surface area (Å²) in [5.74, 6) is 1.52. The highest BCUT2D eigenvalue weighted by Crippen LogP contribution is 2.37. The van der Waals surface area contributed by atoms with E-state index in [0.717, 1.165) is 33.6 Å². The van der Waals surface area contributed by atoms with E-state index in [1.807, 2.05) is 44.0 Å². The molecule has 0 saturated carbocycles. The number of anilines is 1. The molecule has 1 aromatic carbocycles. The average molecular weight is 354 g/mol. The van der Waals surface area contributed by atoms with Crippen LogP contribution in [0.25, 0.3) is 21.3 Å². The molecular weight excluding hydrogens is 332 g/mol. The van der Waals surface area contributed by atoms with Gasteiger partial charge in [0.2, 0.25) is 5.91 Å². The topological polar surface area (TPSA) is 58.1 Å². The number of carbonyl (C=O) groups excluding carboxylic acids is 1. The van der Waals surface area contributed by atoms with E-state index in [1.54, 1.807) is 11.3 Å². The first-order chi connectivity index (χ1) is 12.1. The van der Waals surface area contributed by atoms with Crippen LogP contribution in [0.15, 0.2) is 35.7 Å². The Kier molecular flexibility index (Phi) is 5.28. The van der Waals surface area contributed by atoms with Gasteiger partial charge in [-0.3, -0.25) is 4.79 Å². The maximum Gasteiger partial charge on any atom is 0.239 e. The first-order valence-corrected chi connectivity index (χ1v) is 9.27. The van der Waals surface area contributed by atoms with Gasteiger partial charge in [0.1, 0.15) is 16.5 Å². The summed E-state index contributed by atoms with van der Waals surface area (Å²) in [6.07, 6.45) is 0.926. The monoisotopic (exact) mass is 354 g/mol. The lowest BCUT2D eigenvalue weighted by molar-refractivity contribution is -0.119. The van der Waals surface area contributed by atoms with Gasteiger partial charge in [-0.15, -0.1) is 11.3 Å². The van der Waals surface area contributed by atoms with Crippen molar-refractivity contribution in [3.05, 3.63) is 41.5 Å². The van der Waals surface area contributed by atoms with Crippen LogP contribution in [0.3, 0.4) is 0 Å². The summed E-state index contributed by atoms with van der Waals surface area (Å²) >= 11 is 1.61. The number of aromatic nitrogens is 2. The van der Waals surface area contributed by atoms with Crippen LogP contribution >= 0.6 is 11.3 Å². The molecule has 0 aliphatic rings. The molecule has 0 atom stereocenters. The van der Waals surface area contributed by atoms with Crippen LogP contribution in [-0.4, -0.2) is 36.0 Å². The van der Waals surface area contributed by atoms with Gasteiger partial charge in [-0.05, 0) is 18.9 Å². The molecule has 0 radical (unpaired) electrons. The van der Waals surface area contributed by atoms with Crippen LogP contribution < -0.4 is 10.2 Å². The fourth-order valence-electron chi connectivity index (χ4n) is 2.74. The molecule has 1 amide bonds. The standard InChI is InChI=1S/C19H22N4OS/c1-4-10-20-16(24)11-23(3)18-17-15(14-8-6-5-7-9-14)12-25-19(17)22-13(2)21-18/h5-9,12H,4,10-11H2,1-3H3,(H,20,24). The molecule has 2 aromatic heterocycles. The number of rotatable bonds is 6. The van der Waals surface area contributed by atoms with Crippen molar-refractivity contribution < 1.29 is 4.79 Å². The predicted octanol–water partition coefficient (Wildman–Crippen LogP) is 3.63. The Bertz CT molecular complexity index is 876. The molecule has 5 nitrogen and oxygen atoms in total. The minimum Gasteiger partial charge on any atom is -0.355 e. The van der Waals surface area contributed by atoms with Crippen molar-refractivity contribution in [2.24, 2.45) is 0 Å². The van der Waals surface area contributed by atoms with Gasteiger partial charge >= 0.3 is 0 Å². The maximum absolute atomic E-state index is 12.1. The van der Waals surface area contributed by atoms with Crippen molar-refractivity contribution in [3.63, 3.8) is 0 Å². The Hall–Kier alpha value is -2.47. The van der Waals surface area contributed by atoms with Crippen molar-refractivity contribution in [1.82, 2.24) is 15.3 Å². The van der Waals surface area contributed by atoms with Crippen LogP contribution in [0, 0.1) is 6.92 Å². The van der Waals surface area contributed by atoms with E-state index in [1.165, 1.54) is 0 Å². The number of fused-ring (bicyclic) bond motifs is 1. The van der Waals surface area contributed by atoms with E-state index >= 15 is 0 Å². The molecule has 0 bridgehead atoms. The lowest BCUT2D eigenvalue weighted by Crippen LogP contribution is -2.36. The zero-order valence-corrected chi connectivity index (χ0v) is 15.6. The third kappa shape index (κ3) is 3.79. The molecule has 3 aromatic rings. The third-order valence-corrected chi connectivity index (χ3v) is 4.80. The lowest BCUT2D eigenvalue weighted by atomic mass is 10.1.